The van der Waals surface area contributed by atoms with Crippen LogP contribution >= 0.6 is 0 Å². The Morgan fingerprint density at radius 2 is 1.35 bits per heavy atom. The molecule has 0 saturated heterocycles. The highest BCUT2D eigenvalue weighted by Gasteiger charge is 2.31. The third-order valence-corrected chi connectivity index (χ3v) is 5.64. The van der Waals surface area contributed by atoms with Gasteiger partial charge in [-0.25, -0.2) is 0 Å². The molecule has 0 saturated carbocycles. The quantitative estimate of drug-likeness (QED) is 0.316. The number of hydrogen-bond donors (Lipinski definition) is 0. The van der Waals surface area contributed by atoms with Crippen molar-refractivity contribution in [2.75, 3.05) is 0 Å². The van der Waals surface area contributed by atoms with E-state index in [4.69, 9.17) is 0 Å². The number of nitrogens with zero attached hydrogens (tertiary/aromatic N) is 1. The van der Waals surface area contributed by atoms with Gasteiger partial charge < -0.3 is 0 Å². The molecule has 0 aliphatic rings. The molecule has 1 radical (unpaired) electrons. The summed E-state index contributed by atoms with van der Waals surface area (Å²) in [5.41, 5.74) is 3.85. The molecule has 3 heteroatoms. The van der Waals surface area contributed by atoms with E-state index < -0.39 is 5.54 Å². The topological polar surface area (TPSA) is 40.2 Å². The van der Waals surface area contributed by atoms with Gasteiger partial charge in [-0.3, -0.25) is 4.79 Å². The van der Waals surface area contributed by atoms with Crippen LogP contribution in [0.1, 0.15) is 79.2 Å². The predicted octanol–water partition coefficient (Wildman–Crippen LogP) is 6.77. The molecule has 0 amide bonds. The summed E-state index contributed by atoms with van der Waals surface area (Å²) in [6.07, 6.45) is 0.469. The third-order valence-electron chi connectivity index (χ3n) is 5.64. The average molecular weight is 415 g/mol. The first-order valence-corrected chi connectivity index (χ1v) is 10.9. The third kappa shape index (κ3) is 5.49. The first kappa shape index (κ1) is 22.9. The fourth-order valence-electron chi connectivity index (χ4n) is 3.78. The SMILES string of the molecule is CC(C)c1ccc(C(Cc2ccccc2C(=O)c2ccccc2)N([O])C(C)(C)C)cc1. The molecule has 3 aromatic rings. The summed E-state index contributed by atoms with van der Waals surface area (Å²) in [7, 11) is 0. The molecule has 3 nitrogen and oxygen atoms in total. The molecule has 3 aromatic carbocycles. The Bertz CT molecular complexity index is 1000. The van der Waals surface area contributed by atoms with Crippen molar-refractivity contribution in [3.05, 3.63) is 107 Å². The van der Waals surface area contributed by atoms with Crippen LogP contribution < -0.4 is 0 Å². The monoisotopic (exact) mass is 414 g/mol. The van der Waals surface area contributed by atoms with Gasteiger partial charge in [0.25, 0.3) is 0 Å². The molecule has 31 heavy (non-hydrogen) atoms. The zero-order chi connectivity index (χ0) is 22.6. The highest BCUT2D eigenvalue weighted by atomic mass is 16.5. The molecule has 0 spiro atoms. The lowest BCUT2D eigenvalue weighted by atomic mass is 9.89. The molecule has 0 aliphatic carbocycles. The second kappa shape index (κ2) is 9.59. The largest absolute Gasteiger partial charge is 0.289 e. The maximum Gasteiger partial charge on any atom is 0.193 e. The number of benzene rings is 3. The van der Waals surface area contributed by atoms with Crippen molar-refractivity contribution in [2.45, 2.75) is 58.5 Å². The Hall–Kier alpha value is -2.75. The Balaban J connectivity index is 2.00. The van der Waals surface area contributed by atoms with Crippen LogP contribution in [0, 0.1) is 0 Å². The minimum Gasteiger partial charge on any atom is -0.289 e. The van der Waals surface area contributed by atoms with E-state index in [1.807, 2.05) is 75.4 Å². The van der Waals surface area contributed by atoms with Crippen molar-refractivity contribution in [1.29, 1.82) is 0 Å². The Morgan fingerprint density at radius 3 is 1.94 bits per heavy atom. The Morgan fingerprint density at radius 1 is 0.806 bits per heavy atom. The first-order valence-electron chi connectivity index (χ1n) is 10.9. The number of hydrogen-bond acceptors (Lipinski definition) is 2. The van der Waals surface area contributed by atoms with Crippen molar-refractivity contribution in [1.82, 2.24) is 5.06 Å². The molecule has 3 rings (SSSR count). The maximum absolute atomic E-state index is 13.4. The molecule has 1 unspecified atom stereocenters. The number of hydroxylamine groups is 2. The van der Waals surface area contributed by atoms with Crippen molar-refractivity contribution >= 4 is 5.78 Å². The van der Waals surface area contributed by atoms with Crippen LogP contribution in [0.2, 0.25) is 0 Å². The number of carbonyl (C=O) groups is 1. The van der Waals surface area contributed by atoms with Gasteiger partial charge in [-0.1, -0.05) is 92.7 Å². The smallest absolute Gasteiger partial charge is 0.193 e. The van der Waals surface area contributed by atoms with E-state index in [2.05, 4.69) is 38.1 Å². The zero-order valence-corrected chi connectivity index (χ0v) is 19.1. The van der Waals surface area contributed by atoms with Crippen molar-refractivity contribution in [3.63, 3.8) is 0 Å². The highest BCUT2D eigenvalue weighted by Crippen LogP contribution is 2.32. The number of ketones is 1. The summed E-state index contributed by atoms with van der Waals surface area (Å²) < 4.78 is 0. The van der Waals surface area contributed by atoms with Gasteiger partial charge in [0.05, 0.1) is 6.04 Å². The predicted molar refractivity (Wildman–Crippen MR) is 126 cm³/mol. The van der Waals surface area contributed by atoms with Crippen LogP contribution in [0.4, 0.5) is 0 Å². The molecule has 0 bridgehead atoms. The lowest BCUT2D eigenvalue weighted by Gasteiger charge is -2.35. The molecule has 0 aliphatic heterocycles. The van der Waals surface area contributed by atoms with Gasteiger partial charge in [0, 0.05) is 16.7 Å². The van der Waals surface area contributed by atoms with Gasteiger partial charge in [0.15, 0.2) is 5.78 Å². The summed E-state index contributed by atoms with van der Waals surface area (Å²) in [4.78, 5) is 13.2. The van der Waals surface area contributed by atoms with Gasteiger partial charge in [-0.2, -0.15) is 0 Å². The normalized spacial score (nSPS) is 12.9. The highest BCUT2D eigenvalue weighted by molar-refractivity contribution is 6.09. The number of carbonyl (C=O) groups excluding carboxylic acids is 1. The number of rotatable bonds is 7. The average Bonchev–Trinajstić information content (AvgIpc) is 2.77. The second-order valence-electron chi connectivity index (χ2n) is 9.39. The van der Waals surface area contributed by atoms with Crippen LogP contribution in [-0.2, 0) is 11.6 Å². The lowest BCUT2D eigenvalue weighted by Crippen LogP contribution is -2.41. The van der Waals surface area contributed by atoms with E-state index in [0.29, 0.717) is 23.5 Å². The summed E-state index contributed by atoms with van der Waals surface area (Å²) in [6, 6.07) is 24.9. The zero-order valence-electron chi connectivity index (χ0n) is 19.1. The summed E-state index contributed by atoms with van der Waals surface area (Å²) in [5.74, 6) is 0.418. The van der Waals surface area contributed by atoms with Crippen molar-refractivity contribution in [3.8, 4) is 0 Å². The summed E-state index contributed by atoms with van der Waals surface area (Å²) >= 11 is 0. The van der Waals surface area contributed by atoms with E-state index in [9.17, 15) is 10.0 Å². The Kier molecular flexibility index (Phi) is 7.09. The molecule has 1 atom stereocenters. The molecule has 0 N–H and O–H groups in total. The van der Waals surface area contributed by atoms with E-state index >= 15 is 0 Å². The van der Waals surface area contributed by atoms with Crippen molar-refractivity contribution < 1.29 is 10.0 Å². The molecule has 161 valence electrons. The van der Waals surface area contributed by atoms with E-state index in [1.165, 1.54) is 10.6 Å². The van der Waals surface area contributed by atoms with Gasteiger partial charge in [-0.05, 0) is 49.8 Å². The van der Waals surface area contributed by atoms with Crippen LogP contribution in [-0.4, -0.2) is 16.4 Å². The van der Waals surface area contributed by atoms with E-state index in [1.54, 1.807) is 0 Å². The van der Waals surface area contributed by atoms with Gasteiger partial charge in [0.1, 0.15) is 0 Å². The summed E-state index contributed by atoms with van der Waals surface area (Å²) in [6.45, 7) is 10.1. The molecule has 0 aromatic heterocycles. The first-order chi connectivity index (χ1) is 14.7. The molecular weight excluding hydrogens is 382 g/mol. The molecule has 0 heterocycles. The minimum absolute atomic E-state index is 0.0155. The second-order valence-corrected chi connectivity index (χ2v) is 9.39. The van der Waals surface area contributed by atoms with Crippen LogP contribution in [0.5, 0.6) is 0 Å². The van der Waals surface area contributed by atoms with Crippen LogP contribution in [0.15, 0.2) is 78.9 Å². The standard InChI is InChI=1S/C28H32NO2/c1-20(2)21-15-17-22(18-16-21)26(29(31)28(3,4)5)19-24-13-9-10-14-25(24)27(30)23-11-7-6-8-12-23/h6-18,20,26H,19H2,1-5H3. The van der Waals surface area contributed by atoms with E-state index in [0.717, 1.165) is 11.1 Å². The molecule has 0 fully saturated rings. The van der Waals surface area contributed by atoms with Crippen LogP contribution in [0.25, 0.3) is 0 Å². The minimum atomic E-state index is -0.556. The van der Waals surface area contributed by atoms with Gasteiger partial charge in [-0.15, -0.1) is 10.3 Å². The van der Waals surface area contributed by atoms with Gasteiger partial charge in [0.2, 0.25) is 0 Å². The fourth-order valence-corrected chi connectivity index (χ4v) is 3.78. The summed E-state index contributed by atoms with van der Waals surface area (Å²) in [5, 5.41) is 14.5. The fraction of sp³-hybridized carbons (Fsp3) is 0.321. The molecular formula is C28H32NO2. The lowest BCUT2D eigenvalue weighted by molar-refractivity contribution is -0.241. The van der Waals surface area contributed by atoms with E-state index in [-0.39, 0.29) is 11.8 Å². The maximum atomic E-state index is 13.4. The van der Waals surface area contributed by atoms with Crippen LogP contribution in [0.3, 0.4) is 0 Å². The van der Waals surface area contributed by atoms with Crippen molar-refractivity contribution in [2.24, 2.45) is 0 Å². The van der Waals surface area contributed by atoms with Gasteiger partial charge >= 0.3 is 0 Å². The Labute approximate surface area is 186 Å².